The summed E-state index contributed by atoms with van der Waals surface area (Å²) in [7, 11) is 0. The third-order valence-electron chi connectivity index (χ3n) is 5.71. The molecule has 0 radical (unpaired) electrons. The Hall–Kier alpha value is -3.34. The molecule has 2 N–H and O–H groups in total. The predicted molar refractivity (Wildman–Crippen MR) is 118 cm³/mol. The summed E-state index contributed by atoms with van der Waals surface area (Å²) in [5.41, 5.74) is 3.95. The van der Waals surface area contributed by atoms with Crippen LogP contribution in [0.25, 0.3) is 21.8 Å². The summed E-state index contributed by atoms with van der Waals surface area (Å²) in [4.78, 5) is 23.4. The average molecular weight is 384 g/mol. The van der Waals surface area contributed by atoms with Gasteiger partial charge in [-0.1, -0.05) is 36.4 Å². The SMILES string of the molecule is O=C(NCCc1c[nH]c2ccccc12)c1cc2ccccc2nc1N1CCCC1. The number of aromatic nitrogens is 2. The molecule has 1 saturated heterocycles. The summed E-state index contributed by atoms with van der Waals surface area (Å²) >= 11 is 0. The van der Waals surface area contributed by atoms with Crippen molar-refractivity contribution >= 4 is 33.5 Å². The normalized spacial score (nSPS) is 14.0. The maximum Gasteiger partial charge on any atom is 0.255 e. The van der Waals surface area contributed by atoms with Gasteiger partial charge in [0.15, 0.2) is 0 Å². The minimum Gasteiger partial charge on any atom is -0.361 e. The molecule has 2 aromatic heterocycles. The van der Waals surface area contributed by atoms with Crippen LogP contribution in [-0.2, 0) is 6.42 Å². The standard InChI is InChI=1S/C24H24N4O/c29-24(25-12-11-18-16-26-22-10-4-2-8-19(18)22)20-15-17-7-1-3-9-21(17)27-23(20)28-13-5-6-14-28/h1-4,7-10,15-16,26H,5-6,11-14H2,(H,25,29). The van der Waals surface area contributed by atoms with Gasteiger partial charge in [0.1, 0.15) is 5.82 Å². The lowest BCUT2D eigenvalue weighted by molar-refractivity contribution is 0.0954. The van der Waals surface area contributed by atoms with Crippen LogP contribution in [-0.4, -0.2) is 35.5 Å². The van der Waals surface area contributed by atoms with Gasteiger partial charge in [0.2, 0.25) is 0 Å². The maximum atomic E-state index is 13.1. The van der Waals surface area contributed by atoms with E-state index in [1.165, 1.54) is 10.9 Å². The molecule has 5 heteroatoms. The third-order valence-corrected chi connectivity index (χ3v) is 5.71. The molecular weight excluding hydrogens is 360 g/mol. The number of anilines is 1. The lowest BCUT2D eigenvalue weighted by atomic mass is 10.1. The highest BCUT2D eigenvalue weighted by atomic mass is 16.1. The molecule has 0 atom stereocenters. The molecule has 0 spiro atoms. The molecule has 0 bridgehead atoms. The Morgan fingerprint density at radius 1 is 1.07 bits per heavy atom. The average Bonchev–Trinajstić information content (AvgIpc) is 3.43. The molecule has 146 valence electrons. The van der Waals surface area contributed by atoms with Gasteiger partial charge >= 0.3 is 0 Å². The zero-order valence-corrected chi connectivity index (χ0v) is 16.3. The molecule has 4 aromatic rings. The molecule has 1 aliphatic heterocycles. The number of fused-ring (bicyclic) bond motifs is 2. The van der Waals surface area contributed by atoms with Crippen LogP contribution in [0.3, 0.4) is 0 Å². The molecule has 1 fully saturated rings. The van der Waals surface area contributed by atoms with Crippen LogP contribution in [0.4, 0.5) is 5.82 Å². The van der Waals surface area contributed by atoms with E-state index in [2.05, 4.69) is 27.3 Å². The summed E-state index contributed by atoms with van der Waals surface area (Å²) in [6, 6.07) is 18.2. The van der Waals surface area contributed by atoms with E-state index < -0.39 is 0 Å². The zero-order chi connectivity index (χ0) is 19.6. The minimum atomic E-state index is -0.0509. The van der Waals surface area contributed by atoms with Crippen molar-refractivity contribution in [2.45, 2.75) is 19.3 Å². The van der Waals surface area contributed by atoms with E-state index in [9.17, 15) is 4.79 Å². The molecule has 1 aliphatic rings. The van der Waals surface area contributed by atoms with Gasteiger partial charge in [-0.05, 0) is 43.0 Å². The van der Waals surface area contributed by atoms with Crippen LogP contribution in [0.1, 0.15) is 28.8 Å². The molecule has 0 aliphatic carbocycles. The second-order valence-corrected chi connectivity index (χ2v) is 7.61. The van der Waals surface area contributed by atoms with Crippen LogP contribution in [0.5, 0.6) is 0 Å². The van der Waals surface area contributed by atoms with Gasteiger partial charge in [-0.15, -0.1) is 0 Å². The van der Waals surface area contributed by atoms with E-state index in [0.29, 0.717) is 12.1 Å². The maximum absolute atomic E-state index is 13.1. The number of nitrogens with one attached hydrogen (secondary N) is 2. The van der Waals surface area contributed by atoms with Crippen molar-refractivity contribution in [1.29, 1.82) is 0 Å². The molecule has 5 nitrogen and oxygen atoms in total. The molecular formula is C24H24N4O. The second-order valence-electron chi connectivity index (χ2n) is 7.61. The Morgan fingerprint density at radius 2 is 1.86 bits per heavy atom. The van der Waals surface area contributed by atoms with Crippen molar-refractivity contribution in [3.05, 3.63) is 71.9 Å². The summed E-state index contributed by atoms with van der Waals surface area (Å²) in [5, 5.41) is 5.32. The first-order valence-corrected chi connectivity index (χ1v) is 10.3. The lowest BCUT2D eigenvalue weighted by Crippen LogP contribution is -2.29. The highest BCUT2D eigenvalue weighted by Gasteiger charge is 2.22. The lowest BCUT2D eigenvalue weighted by Gasteiger charge is -2.20. The quantitative estimate of drug-likeness (QED) is 0.540. The number of benzene rings is 2. The number of rotatable bonds is 5. The van der Waals surface area contributed by atoms with Gasteiger partial charge in [0.05, 0.1) is 11.1 Å². The Labute approximate surface area is 169 Å². The molecule has 29 heavy (non-hydrogen) atoms. The van der Waals surface area contributed by atoms with Gasteiger partial charge in [-0.25, -0.2) is 4.98 Å². The molecule has 2 aromatic carbocycles. The van der Waals surface area contributed by atoms with Crippen molar-refractivity contribution in [2.75, 3.05) is 24.5 Å². The van der Waals surface area contributed by atoms with Crippen molar-refractivity contribution in [3.8, 4) is 0 Å². The van der Waals surface area contributed by atoms with Crippen LogP contribution in [0.15, 0.2) is 60.8 Å². The van der Waals surface area contributed by atoms with E-state index in [1.807, 2.05) is 48.7 Å². The van der Waals surface area contributed by atoms with Crippen LogP contribution in [0.2, 0.25) is 0 Å². The molecule has 0 unspecified atom stereocenters. The molecule has 5 rings (SSSR count). The summed E-state index contributed by atoms with van der Waals surface area (Å²) in [6.07, 6.45) is 5.12. The van der Waals surface area contributed by atoms with E-state index in [0.717, 1.165) is 54.6 Å². The van der Waals surface area contributed by atoms with Gasteiger partial charge in [0.25, 0.3) is 5.91 Å². The highest BCUT2D eigenvalue weighted by Crippen LogP contribution is 2.26. The monoisotopic (exact) mass is 384 g/mol. The molecule has 0 saturated carbocycles. The minimum absolute atomic E-state index is 0.0509. The van der Waals surface area contributed by atoms with Gasteiger partial charge in [-0.3, -0.25) is 4.79 Å². The number of carbonyl (C=O) groups is 1. The Bertz CT molecular complexity index is 1170. The topological polar surface area (TPSA) is 61.0 Å². The number of pyridine rings is 1. The number of H-pyrrole nitrogens is 1. The van der Waals surface area contributed by atoms with E-state index in [1.54, 1.807) is 0 Å². The van der Waals surface area contributed by atoms with Gasteiger partial charge in [-0.2, -0.15) is 0 Å². The molecule has 3 heterocycles. The van der Waals surface area contributed by atoms with E-state index >= 15 is 0 Å². The number of aromatic amines is 1. The second kappa shape index (κ2) is 7.59. The first kappa shape index (κ1) is 17.7. The molecule has 1 amide bonds. The number of para-hydroxylation sites is 2. The number of carbonyl (C=O) groups excluding carboxylic acids is 1. The first-order valence-electron chi connectivity index (χ1n) is 10.3. The van der Waals surface area contributed by atoms with Crippen LogP contribution in [0, 0.1) is 0 Å². The van der Waals surface area contributed by atoms with Crippen molar-refractivity contribution in [1.82, 2.24) is 15.3 Å². The fourth-order valence-corrected chi connectivity index (χ4v) is 4.19. The number of amides is 1. The third kappa shape index (κ3) is 3.44. The zero-order valence-electron chi connectivity index (χ0n) is 16.3. The van der Waals surface area contributed by atoms with Gasteiger partial charge < -0.3 is 15.2 Å². The smallest absolute Gasteiger partial charge is 0.255 e. The number of nitrogens with zero attached hydrogens (tertiary/aromatic N) is 2. The highest BCUT2D eigenvalue weighted by molar-refractivity contribution is 6.02. The summed E-state index contributed by atoms with van der Waals surface area (Å²) in [5.74, 6) is 0.760. The number of hydrogen-bond donors (Lipinski definition) is 2. The number of hydrogen-bond acceptors (Lipinski definition) is 3. The van der Waals surface area contributed by atoms with Gasteiger partial charge in [0, 0.05) is 42.1 Å². The summed E-state index contributed by atoms with van der Waals surface area (Å²) in [6.45, 7) is 2.51. The largest absolute Gasteiger partial charge is 0.361 e. The van der Waals surface area contributed by atoms with Crippen molar-refractivity contribution < 1.29 is 4.79 Å². The first-order chi connectivity index (χ1) is 14.3. The van der Waals surface area contributed by atoms with Crippen molar-refractivity contribution in [3.63, 3.8) is 0 Å². The fraction of sp³-hybridized carbons (Fsp3) is 0.250. The summed E-state index contributed by atoms with van der Waals surface area (Å²) < 4.78 is 0. The predicted octanol–water partition coefficient (Wildman–Crippen LogP) is 4.29. The Kier molecular flexibility index (Phi) is 4.64. The van der Waals surface area contributed by atoms with E-state index in [-0.39, 0.29) is 5.91 Å². The van der Waals surface area contributed by atoms with E-state index in [4.69, 9.17) is 4.98 Å². The fourth-order valence-electron chi connectivity index (χ4n) is 4.19. The van der Waals surface area contributed by atoms with Crippen LogP contribution >= 0.6 is 0 Å². The Balaban J connectivity index is 1.37. The van der Waals surface area contributed by atoms with Crippen LogP contribution < -0.4 is 10.2 Å². The Morgan fingerprint density at radius 3 is 2.76 bits per heavy atom. The van der Waals surface area contributed by atoms with Crippen molar-refractivity contribution in [2.24, 2.45) is 0 Å².